The van der Waals surface area contributed by atoms with E-state index in [2.05, 4.69) is 4.72 Å². The third kappa shape index (κ3) is 4.85. The fourth-order valence-corrected chi connectivity index (χ4v) is 3.48. The van der Waals surface area contributed by atoms with Gasteiger partial charge in [-0.15, -0.1) is 0 Å². The highest BCUT2D eigenvalue weighted by atomic mass is 32.2. The van der Waals surface area contributed by atoms with Crippen molar-refractivity contribution in [2.24, 2.45) is 0 Å². The lowest BCUT2D eigenvalue weighted by Gasteiger charge is -2.19. The van der Waals surface area contributed by atoms with E-state index in [1.807, 2.05) is 19.9 Å². The summed E-state index contributed by atoms with van der Waals surface area (Å²) in [4.78, 5) is 24.7. The third-order valence-electron chi connectivity index (χ3n) is 3.44. The van der Waals surface area contributed by atoms with Crippen LogP contribution in [0.15, 0.2) is 18.2 Å². The van der Waals surface area contributed by atoms with Crippen LogP contribution in [0.4, 0.5) is 9.59 Å². The van der Waals surface area contributed by atoms with Gasteiger partial charge >= 0.3 is 22.3 Å². The van der Waals surface area contributed by atoms with Crippen molar-refractivity contribution in [2.45, 2.75) is 45.8 Å². The monoisotopic (exact) mass is 385 g/mol. The molecule has 0 unspecified atom stereocenters. The molecule has 2 rings (SSSR count). The van der Waals surface area contributed by atoms with Crippen LogP contribution in [0.1, 0.15) is 33.3 Å². The summed E-state index contributed by atoms with van der Waals surface area (Å²) in [6, 6.07) is 3.56. The zero-order valence-electron chi connectivity index (χ0n) is 15.3. The number of imide groups is 1. The van der Waals surface area contributed by atoms with Crippen LogP contribution in [0, 0.1) is 0 Å². The molecule has 0 spiro atoms. The minimum Gasteiger partial charge on any atom is -0.483 e. The quantitative estimate of drug-likeness (QED) is 0.817. The highest BCUT2D eigenvalue weighted by molar-refractivity contribution is 7.88. The van der Waals surface area contributed by atoms with E-state index in [-0.39, 0.29) is 5.75 Å². The fraction of sp³-hybridized carbons (Fsp3) is 0.500. The maximum absolute atomic E-state index is 12.2. The third-order valence-corrected chi connectivity index (χ3v) is 4.67. The molecule has 0 bridgehead atoms. The summed E-state index contributed by atoms with van der Waals surface area (Å²) in [6.07, 6.45) is -0.382. The van der Waals surface area contributed by atoms with Crippen LogP contribution in [0.5, 0.6) is 11.5 Å². The highest BCUT2D eigenvalue weighted by Gasteiger charge is 2.33. The van der Waals surface area contributed by atoms with Gasteiger partial charge in [0, 0.05) is 25.1 Å². The minimum atomic E-state index is -4.08. The molecule has 2 N–H and O–H groups in total. The van der Waals surface area contributed by atoms with Crippen LogP contribution >= 0.6 is 0 Å². The van der Waals surface area contributed by atoms with Crippen LogP contribution in [0.2, 0.25) is 0 Å². The lowest BCUT2D eigenvalue weighted by atomic mass is 10.0. The largest absolute Gasteiger partial charge is 0.483 e. The van der Waals surface area contributed by atoms with Gasteiger partial charge in [0.25, 0.3) is 0 Å². The van der Waals surface area contributed by atoms with E-state index in [1.165, 1.54) is 0 Å². The Balaban J connectivity index is 2.07. The van der Waals surface area contributed by atoms with Crippen molar-refractivity contribution < 1.29 is 27.5 Å². The number of benzene rings is 1. The predicted molar refractivity (Wildman–Crippen MR) is 94.4 cm³/mol. The lowest BCUT2D eigenvalue weighted by molar-refractivity contribution is 0.129. The summed E-state index contributed by atoms with van der Waals surface area (Å²) in [5.41, 5.74) is 0.459. The summed E-state index contributed by atoms with van der Waals surface area (Å²) in [6.45, 7) is 7.01. The van der Waals surface area contributed by atoms with Gasteiger partial charge < -0.3 is 9.47 Å². The lowest BCUT2D eigenvalue weighted by Crippen LogP contribution is -2.49. The van der Waals surface area contributed by atoms with Crippen molar-refractivity contribution in [1.29, 1.82) is 0 Å². The Bertz CT molecular complexity index is 819. The van der Waals surface area contributed by atoms with Gasteiger partial charge in [-0.3, -0.25) is 0 Å². The van der Waals surface area contributed by atoms with Crippen LogP contribution < -0.4 is 18.9 Å². The molecule has 1 heterocycles. The normalized spacial score (nSPS) is 15.2. The molecule has 0 radical (unpaired) electrons. The summed E-state index contributed by atoms with van der Waals surface area (Å²) in [5, 5.41) is 0. The molecule has 1 aliphatic heterocycles. The van der Waals surface area contributed by atoms with Gasteiger partial charge in [-0.1, -0.05) is 12.1 Å². The number of para-hydroxylation sites is 1. The maximum atomic E-state index is 12.2. The van der Waals surface area contributed by atoms with Crippen LogP contribution in [0.3, 0.4) is 0 Å². The number of nitrogens with zero attached hydrogens (tertiary/aromatic N) is 1. The number of nitrogens with one attached hydrogen (secondary N) is 2. The molecule has 9 nitrogen and oxygen atoms in total. The smallest absolute Gasteiger partial charge is 0.423 e. The molecule has 0 aromatic heterocycles. The first-order valence-corrected chi connectivity index (χ1v) is 9.49. The van der Waals surface area contributed by atoms with E-state index in [0.717, 1.165) is 12.6 Å². The van der Waals surface area contributed by atoms with Crippen LogP contribution in [-0.4, -0.2) is 44.1 Å². The molecule has 0 fully saturated rings. The summed E-state index contributed by atoms with van der Waals surface area (Å²) in [7, 11) is -2.97. The number of hydrogen-bond donors (Lipinski definition) is 2. The van der Waals surface area contributed by atoms with E-state index in [1.54, 1.807) is 30.7 Å². The van der Waals surface area contributed by atoms with Crippen LogP contribution in [-0.2, 0) is 16.6 Å². The molecular weight excluding hydrogens is 362 g/mol. The molecule has 1 aliphatic rings. The molecule has 26 heavy (non-hydrogen) atoms. The minimum absolute atomic E-state index is 0.167. The maximum Gasteiger partial charge on any atom is 0.423 e. The Morgan fingerprint density at radius 1 is 1.31 bits per heavy atom. The highest BCUT2D eigenvalue weighted by Crippen LogP contribution is 2.41. The molecule has 10 heteroatoms. The van der Waals surface area contributed by atoms with E-state index in [0.29, 0.717) is 17.1 Å². The van der Waals surface area contributed by atoms with E-state index >= 15 is 0 Å². The van der Waals surface area contributed by atoms with Crippen LogP contribution in [0.25, 0.3) is 0 Å². The number of urea groups is 1. The molecular formula is C16H23N3O6S. The predicted octanol–water partition coefficient (Wildman–Crippen LogP) is 1.78. The summed E-state index contributed by atoms with van der Waals surface area (Å²) < 4.78 is 38.4. The molecule has 144 valence electrons. The SMILES string of the molecule is CC(C)NS(=O)(=O)NC(=O)N(C)C(=O)Oc1cccc2c1OC(C)(C)C2. The first-order valence-electron chi connectivity index (χ1n) is 8.01. The van der Waals surface area contributed by atoms with E-state index in [9.17, 15) is 18.0 Å². The van der Waals surface area contributed by atoms with Crippen molar-refractivity contribution in [1.82, 2.24) is 14.3 Å². The van der Waals surface area contributed by atoms with Gasteiger partial charge in [-0.25, -0.2) is 19.2 Å². The Kier molecular flexibility index (Phi) is 5.47. The second-order valence-corrected chi connectivity index (χ2v) is 8.34. The fourth-order valence-electron chi connectivity index (χ4n) is 2.44. The standard InChI is InChI=1S/C16H23N3O6S/c1-10(2)17-26(22,23)18-14(20)19(5)15(21)24-12-8-6-7-11-9-16(3,4)25-13(11)12/h6-8,10,17H,9H2,1-5H3,(H,18,20). The summed E-state index contributed by atoms with van der Waals surface area (Å²) in [5.74, 6) is 0.606. The zero-order valence-corrected chi connectivity index (χ0v) is 16.1. The second kappa shape index (κ2) is 7.12. The van der Waals surface area contributed by atoms with Gasteiger partial charge in [0.05, 0.1) is 0 Å². The number of fused-ring (bicyclic) bond motifs is 1. The molecule has 1 aromatic rings. The van der Waals surface area contributed by atoms with Crippen molar-refractivity contribution >= 4 is 22.3 Å². The second-order valence-electron chi connectivity index (χ2n) is 6.89. The first kappa shape index (κ1) is 20.0. The number of carbonyl (C=O) groups is 2. The molecule has 1 aromatic carbocycles. The van der Waals surface area contributed by atoms with Gasteiger partial charge in [0.1, 0.15) is 5.60 Å². The van der Waals surface area contributed by atoms with E-state index < -0.39 is 34.0 Å². The van der Waals surface area contributed by atoms with Gasteiger partial charge in [0.2, 0.25) is 0 Å². The van der Waals surface area contributed by atoms with E-state index in [4.69, 9.17) is 9.47 Å². The number of carbonyl (C=O) groups excluding carboxylic acids is 2. The molecule has 0 atom stereocenters. The molecule has 0 saturated carbocycles. The average molecular weight is 385 g/mol. The Hall–Kier alpha value is -2.33. The van der Waals surface area contributed by atoms with Gasteiger partial charge in [0.15, 0.2) is 11.5 Å². The zero-order chi connectivity index (χ0) is 19.7. The number of rotatable bonds is 4. The van der Waals surface area contributed by atoms with Crippen molar-refractivity contribution in [3.63, 3.8) is 0 Å². The Morgan fingerprint density at radius 3 is 2.58 bits per heavy atom. The van der Waals surface area contributed by atoms with Crippen molar-refractivity contribution in [2.75, 3.05) is 7.05 Å². The molecule has 0 aliphatic carbocycles. The van der Waals surface area contributed by atoms with Crippen molar-refractivity contribution in [3.05, 3.63) is 23.8 Å². The average Bonchev–Trinajstić information content (AvgIpc) is 2.79. The molecule has 3 amide bonds. The van der Waals surface area contributed by atoms with Gasteiger partial charge in [-0.05, 0) is 33.8 Å². The number of hydrogen-bond acceptors (Lipinski definition) is 6. The van der Waals surface area contributed by atoms with Gasteiger partial charge in [-0.2, -0.15) is 13.1 Å². The summed E-state index contributed by atoms with van der Waals surface area (Å²) >= 11 is 0. The Morgan fingerprint density at radius 2 is 1.96 bits per heavy atom. The number of ether oxygens (including phenoxy) is 2. The molecule has 0 saturated heterocycles. The van der Waals surface area contributed by atoms with Crippen molar-refractivity contribution in [3.8, 4) is 11.5 Å². The topological polar surface area (TPSA) is 114 Å². The first-order chi connectivity index (χ1) is 11.9. The Labute approximate surface area is 152 Å². The number of amides is 3.